The lowest BCUT2D eigenvalue weighted by atomic mass is 10.1. The Hall–Kier alpha value is -1.85. The maximum absolute atomic E-state index is 11.7. The average molecular weight is 305 g/mol. The molecule has 1 heterocycles. The van der Waals surface area contributed by atoms with E-state index in [2.05, 4.69) is 5.32 Å². The smallest absolute Gasteiger partial charge is 0.257 e. The van der Waals surface area contributed by atoms with Gasteiger partial charge in [0.25, 0.3) is 5.91 Å². The van der Waals surface area contributed by atoms with Gasteiger partial charge in [-0.2, -0.15) is 11.3 Å². The maximum Gasteiger partial charge on any atom is 0.257 e. The number of benzene rings is 1. The Labute approximate surface area is 128 Å². The zero-order valence-electron chi connectivity index (χ0n) is 11.9. The van der Waals surface area contributed by atoms with Crippen molar-refractivity contribution in [1.82, 2.24) is 5.32 Å². The Kier molecular flexibility index (Phi) is 5.78. The molecule has 2 N–H and O–H groups in total. The van der Waals surface area contributed by atoms with Gasteiger partial charge in [-0.25, -0.2) is 0 Å². The number of hydrogen-bond acceptors (Lipinski definition) is 4. The number of nitrogens with one attached hydrogen (secondary N) is 1. The number of thiophene rings is 1. The van der Waals surface area contributed by atoms with Crippen molar-refractivity contribution in [1.29, 1.82) is 0 Å². The van der Waals surface area contributed by atoms with Crippen LogP contribution in [0.1, 0.15) is 23.7 Å². The predicted octanol–water partition coefficient (Wildman–Crippen LogP) is 2.68. The summed E-state index contributed by atoms with van der Waals surface area (Å²) >= 11 is 1.55. The number of ether oxygens (including phenoxy) is 1. The zero-order chi connectivity index (χ0) is 15.1. The van der Waals surface area contributed by atoms with Gasteiger partial charge in [-0.1, -0.05) is 12.1 Å². The number of aliphatic hydroxyl groups excluding tert-OH is 1. The van der Waals surface area contributed by atoms with Crippen LogP contribution in [0.15, 0.2) is 41.1 Å². The molecule has 1 amide bonds. The minimum atomic E-state index is -0.533. The van der Waals surface area contributed by atoms with Crippen LogP contribution in [-0.2, 0) is 4.79 Å². The first-order valence-electron chi connectivity index (χ1n) is 6.81. The summed E-state index contributed by atoms with van der Waals surface area (Å²) in [5.74, 6) is 0.498. The van der Waals surface area contributed by atoms with Crippen molar-refractivity contribution in [2.24, 2.45) is 0 Å². The normalized spacial score (nSPS) is 11.9. The summed E-state index contributed by atoms with van der Waals surface area (Å²) in [6.07, 6.45) is -0.0401. The van der Waals surface area contributed by atoms with Crippen LogP contribution in [-0.4, -0.2) is 24.2 Å². The molecule has 0 aliphatic carbocycles. The van der Waals surface area contributed by atoms with Crippen LogP contribution >= 0.6 is 11.3 Å². The van der Waals surface area contributed by atoms with E-state index in [1.54, 1.807) is 11.3 Å². The van der Waals surface area contributed by atoms with E-state index in [1.165, 1.54) is 0 Å². The van der Waals surface area contributed by atoms with Gasteiger partial charge in [-0.15, -0.1) is 0 Å². The van der Waals surface area contributed by atoms with Gasteiger partial charge in [0.05, 0.1) is 6.10 Å². The predicted molar refractivity (Wildman–Crippen MR) is 83.6 cm³/mol. The Bertz CT molecular complexity index is 569. The average Bonchev–Trinajstić information content (AvgIpc) is 2.99. The van der Waals surface area contributed by atoms with Gasteiger partial charge in [0.15, 0.2) is 6.61 Å². The van der Waals surface area contributed by atoms with Crippen LogP contribution < -0.4 is 10.1 Å². The van der Waals surface area contributed by atoms with Crippen molar-refractivity contribution in [3.05, 3.63) is 52.2 Å². The molecule has 2 aromatic rings. The van der Waals surface area contributed by atoms with Crippen molar-refractivity contribution in [3.8, 4) is 5.75 Å². The number of amides is 1. The molecule has 0 bridgehead atoms. The summed E-state index contributed by atoms with van der Waals surface area (Å²) in [6.45, 7) is 2.38. The topological polar surface area (TPSA) is 58.6 Å². The third kappa shape index (κ3) is 5.21. The lowest BCUT2D eigenvalue weighted by molar-refractivity contribution is -0.123. The molecule has 0 fully saturated rings. The fourth-order valence-corrected chi connectivity index (χ4v) is 2.59. The van der Waals surface area contributed by atoms with E-state index in [-0.39, 0.29) is 12.5 Å². The summed E-state index contributed by atoms with van der Waals surface area (Å²) in [4.78, 5) is 11.7. The molecule has 1 aromatic heterocycles. The van der Waals surface area contributed by atoms with E-state index in [9.17, 15) is 9.90 Å². The van der Waals surface area contributed by atoms with Gasteiger partial charge in [0, 0.05) is 6.54 Å². The molecule has 0 aliphatic rings. The largest absolute Gasteiger partial charge is 0.484 e. The maximum atomic E-state index is 11.7. The number of aliphatic hydroxyl groups is 1. The molecular weight excluding hydrogens is 286 g/mol. The second-order valence-electron chi connectivity index (χ2n) is 4.82. The lowest BCUT2D eigenvalue weighted by Gasteiger charge is -2.10. The highest BCUT2D eigenvalue weighted by Crippen LogP contribution is 2.18. The van der Waals surface area contributed by atoms with E-state index in [0.717, 1.165) is 11.1 Å². The fourth-order valence-electron chi connectivity index (χ4n) is 1.88. The molecule has 5 heteroatoms. The summed E-state index contributed by atoms with van der Waals surface area (Å²) in [7, 11) is 0. The van der Waals surface area contributed by atoms with Crippen molar-refractivity contribution in [2.75, 3.05) is 13.2 Å². The quantitative estimate of drug-likeness (QED) is 0.827. The molecule has 4 nitrogen and oxygen atoms in total. The SMILES string of the molecule is Cc1cccc(OCC(=O)NCCC(O)c2ccsc2)c1. The third-order valence-electron chi connectivity index (χ3n) is 3.03. The molecule has 1 atom stereocenters. The first-order chi connectivity index (χ1) is 10.1. The standard InChI is InChI=1S/C16H19NO3S/c1-12-3-2-4-14(9-12)20-10-16(19)17-7-5-15(18)13-6-8-21-11-13/h2-4,6,8-9,11,15,18H,5,7,10H2,1H3,(H,17,19). The Morgan fingerprint density at radius 1 is 1.43 bits per heavy atom. The van der Waals surface area contributed by atoms with Crippen molar-refractivity contribution >= 4 is 17.2 Å². The molecule has 1 unspecified atom stereocenters. The zero-order valence-corrected chi connectivity index (χ0v) is 12.7. The van der Waals surface area contributed by atoms with E-state index in [0.29, 0.717) is 18.7 Å². The molecule has 0 spiro atoms. The van der Waals surface area contributed by atoms with Gasteiger partial charge in [0.2, 0.25) is 0 Å². The summed E-state index contributed by atoms with van der Waals surface area (Å²) in [5, 5.41) is 16.5. The number of rotatable bonds is 7. The minimum absolute atomic E-state index is 0.0159. The molecule has 21 heavy (non-hydrogen) atoms. The Morgan fingerprint density at radius 3 is 3.00 bits per heavy atom. The monoisotopic (exact) mass is 305 g/mol. The molecular formula is C16H19NO3S. The molecule has 2 rings (SSSR count). The van der Waals surface area contributed by atoms with E-state index >= 15 is 0 Å². The molecule has 0 saturated carbocycles. The van der Waals surface area contributed by atoms with Gasteiger partial charge in [-0.05, 0) is 53.4 Å². The highest BCUT2D eigenvalue weighted by molar-refractivity contribution is 7.07. The number of carbonyl (C=O) groups excluding carboxylic acids is 1. The van der Waals surface area contributed by atoms with E-state index < -0.39 is 6.10 Å². The van der Waals surface area contributed by atoms with E-state index in [1.807, 2.05) is 48.0 Å². The van der Waals surface area contributed by atoms with Crippen LogP contribution in [0.2, 0.25) is 0 Å². The van der Waals surface area contributed by atoms with Gasteiger partial charge < -0.3 is 15.2 Å². The minimum Gasteiger partial charge on any atom is -0.484 e. The highest BCUT2D eigenvalue weighted by Gasteiger charge is 2.09. The highest BCUT2D eigenvalue weighted by atomic mass is 32.1. The van der Waals surface area contributed by atoms with Crippen LogP contribution in [0, 0.1) is 6.92 Å². The van der Waals surface area contributed by atoms with Crippen LogP contribution in [0.5, 0.6) is 5.75 Å². The van der Waals surface area contributed by atoms with Crippen LogP contribution in [0.25, 0.3) is 0 Å². The van der Waals surface area contributed by atoms with Gasteiger partial charge >= 0.3 is 0 Å². The van der Waals surface area contributed by atoms with Crippen molar-refractivity contribution in [3.63, 3.8) is 0 Å². The van der Waals surface area contributed by atoms with Crippen LogP contribution in [0.4, 0.5) is 0 Å². The fraction of sp³-hybridized carbons (Fsp3) is 0.312. The van der Waals surface area contributed by atoms with Gasteiger partial charge in [0.1, 0.15) is 5.75 Å². The summed E-state index contributed by atoms with van der Waals surface area (Å²) < 4.78 is 5.41. The second kappa shape index (κ2) is 7.81. The van der Waals surface area contributed by atoms with Gasteiger partial charge in [-0.3, -0.25) is 4.79 Å². The summed E-state index contributed by atoms with van der Waals surface area (Å²) in [6, 6.07) is 9.45. The molecule has 0 saturated heterocycles. The summed E-state index contributed by atoms with van der Waals surface area (Å²) in [5.41, 5.74) is 1.98. The molecule has 0 radical (unpaired) electrons. The molecule has 112 valence electrons. The third-order valence-corrected chi connectivity index (χ3v) is 3.73. The molecule has 0 aliphatic heterocycles. The Balaban J connectivity index is 1.66. The Morgan fingerprint density at radius 2 is 2.29 bits per heavy atom. The van der Waals surface area contributed by atoms with E-state index in [4.69, 9.17) is 4.74 Å². The van der Waals surface area contributed by atoms with Crippen LogP contribution in [0.3, 0.4) is 0 Å². The second-order valence-corrected chi connectivity index (χ2v) is 5.60. The van der Waals surface area contributed by atoms with Crippen molar-refractivity contribution < 1.29 is 14.6 Å². The lowest BCUT2D eigenvalue weighted by Crippen LogP contribution is -2.30. The number of aryl methyl sites for hydroxylation is 1. The first-order valence-corrected chi connectivity index (χ1v) is 7.76. The number of hydrogen-bond donors (Lipinski definition) is 2. The first kappa shape index (κ1) is 15.5. The number of carbonyl (C=O) groups is 1. The van der Waals surface area contributed by atoms with Crippen molar-refractivity contribution in [2.45, 2.75) is 19.4 Å². The molecule has 1 aromatic carbocycles.